The van der Waals surface area contributed by atoms with Crippen LogP contribution in [0.5, 0.6) is 0 Å². The highest BCUT2D eigenvalue weighted by Gasteiger charge is 2.24. The summed E-state index contributed by atoms with van der Waals surface area (Å²) in [6, 6.07) is 8.20. The van der Waals surface area contributed by atoms with Gasteiger partial charge in [-0.2, -0.15) is 11.8 Å². The SMILES string of the molecule is NCC(Nc1cccc(Cl)c1)C1CCSC1. The number of anilines is 1. The van der Waals surface area contributed by atoms with Crippen molar-refractivity contribution in [2.45, 2.75) is 12.5 Å². The van der Waals surface area contributed by atoms with Crippen molar-refractivity contribution in [2.75, 3.05) is 23.4 Å². The number of hydrogen-bond donors (Lipinski definition) is 2. The topological polar surface area (TPSA) is 38.0 Å². The van der Waals surface area contributed by atoms with Gasteiger partial charge in [0, 0.05) is 23.3 Å². The van der Waals surface area contributed by atoms with Gasteiger partial charge in [-0.3, -0.25) is 0 Å². The van der Waals surface area contributed by atoms with E-state index in [2.05, 4.69) is 5.32 Å². The molecule has 0 aliphatic carbocycles. The number of rotatable bonds is 4. The molecule has 1 aliphatic heterocycles. The van der Waals surface area contributed by atoms with E-state index in [4.69, 9.17) is 17.3 Å². The van der Waals surface area contributed by atoms with Crippen molar-refractivity contribution < 1.29 is 0 Å². The molecule has 0 saturated carbocycles. The number of thioether (sulfide) groups is 1. The first-order valence-corrected chi connectivity index (χ1v) is 7.13. The number of nitrogens with two attached hydrogens (primary N) is 1. The Morgan fingerprint density at radius 1 is 1.56 bits per heavy atom. The van der Waals surface area contributed by atoms with E-state index in [0.717, 1.165) is 10.7 Å². The third kappa shape index (κ3) is 3.06. The summed E-state index contributed by atoms with van der Waals surface area (Å²) in [5, 5.41) is 4.25. The summed E-state index contributed by atoms with van der Waals surface area (Å²) < 4.78 is 0. The Hall–Kier alpha value is -0.380. The Morgan fingerprint density at radius 2 is 2.44 bits per heavy atom. The van der Waals surface area contributed by atoms with Crippen molar-refractivity contribution in [3.8, 4) is 0 Å². The molecule has 2 unspecified atom stereocenters. The van der Waals surface area contributed by atoms with Gasteiger partial charge >= 0.3 is 0 Å². The second kappa shape index (κ2) is 5.80. The molecular weight excluding hydrogens is 240 g/mol. The molecule has 0 radical (unpaired) electrons. The lowest BCUT2D eigenvalue weighted by Gasteiger charge is -2.23. The Labute approximate surface area is 106 Å². The summed E-state index contributed by atoms with van der Waals surface area (Å²) in [6.07, 6.45) is 1.26. The highest BCUT2D eigenvalue weighted by atomic mass is 35.5. The molecule has 1 fully saturated rings. The summed E-state index contributed by atoms with van der Waals surface area (Å²) in [5.74, 6) is 3.17. The van der Waals surface area contributed by atoms with Gasteiger partial charge in [0.1, 0.15) is 0 Å². The first-order valence-electron chi connectivity index (χ1n) is 5.59. The molecule has 1 aliphatic rings. The predicted octanol–water partition coefficient (Wildman–Crippen LogP) is 2.83. The summed E-state index contributed by atoms with van der Waals surface area (Å²) in [5.41, 5.74) is 6.90. The fourth-order valence-electron chi connectivity index (χ4n) is 2.03. The van der Waals surface area contributed by atoms with Crippen LogP contribution in [0.2, 0.25) is 5.02 Å². The minimum atomic E-state index is 0.369. The molecule has 88 valence electrons. The van der Waals surface area contributed by atoms with Gasteiger partial charge in [0.15, 0.2) is 0 Å². The maximum atomic E-state index is 5.96. The quantitative estimate of drug-likeness (QED) is 0.870. The van der Waals surface area contributed by atoms with Crippen molar-refractivity contribution in [1.29, 1.82) is 0 Å². The number of nitrogens with one attached hydrogen (secondary N) is 1. The highest BCUT2D eigenvalue weighted by Crippen LogP contribution is 2.28. The van der Waals surface area contributed by atoms with Crippen molar-refractivity contribution in [3.63, 3.8) is 0 Å². The molecule has 1 saturated heterocycles. The lowest BCUT2D eigenvalue weighted by atomic mass is 9.99. The second-order valence-electron chi connectivity index (χ2n) is 4.12. The van der Waals surface area contributed by atoms with Crippen LogP contribution in [0, 0.1) is 5.92 Å². The van der Waals surface area contributed by atoms with Crippen molar-refractivity contribution in [2.24, 2.45) is 11.7 Å². The van der Waals surface area contributed by atoms with Crippen molar-refractivity contribution in [1.82, 2.24) is 0 Å². The molecule has 4 heteroatoms. The lowest BCUT2D eigenvalue weighted by molar-refractivity contribution is 0.499. The van der Waals surface area contributed by atoms with Gasteiger partial charge in [-0.15, -0.1) is 0 Å². The van der Waals surface area contributed by atoms with Gasteiger partial charge < -0.3 is 11.1 Å². The Kier molecular flexibility index (Phi) is 4.38. The normalized spacial score (nSPS) is 22.0. The molecule has 0 aromatic heterocycles. The average molecular weight is 257 g/mol. The number of benzene rings is 1. The summed E-state index contributed by atoms with van der Waals surface area (Å²) in [6.45, 7) is 0.678. The van der Waals surface area contributed by atoms with Crippen LogP contribution in [0.1, 0.15) is 6.42 Å². The first kappa shape index (κ1) is 12.1. The van der Waals surface area contributed by atoms with E-state index in [-0.39, 0.29) is 0 Å². The average Bonchev–Trinajstić information content (AvgIpc) is 2.79. The van der Waals surface area contributed by atoms with Crippen LogP contribution >= 0.6 is 23.4 Å². The van der Waals surface area contributed by atoms with E-state index >= 15 is 0 Å². The third-order valence-corrected chi connectivity index (χ3v) is 4.39. The van der Waals surface area contributed by atoms with E-state index in [1.807, 2.05) is 36.0 Å². The molecule has 1 aromatic rings. The van der Waals surface area contributed by atoms with Crippen LogP contribution in [0.3, 0.4) is 0 Å². The zero-order chi connectivity index (χ0) is 11.4. The molecule has 0 spiro atoms. The molecule has 3 N–H and O–H groups in total. The van der Waals surface area contributed by atoms with Crippen LogP contribution in [0.25, 0.3) is 0 Å². The van der Waals surface area contributed by atoms with Crippen molar-refractivity contribution >= 4 is 29.1 Å². The summed E-state index contributed by atoms with van der Waals surface area (Å²) >= 11 is 7.97. The van der Waals surface area contributed by atoms with Crippen LogP contribution < -0.4 is 11.1 Å². The molecular formula is C12H17ClN2S. The standard InChI is InChI=1S/C12H17ClN2S/c13-10-2-1-3-11(6-10)15-12(7-14)9-4-5-16-8-9/h1-3,6,9,12,15H,4-5,7-8,14H2. The summed E-state index contributed by atoms with van der Waals surface area (Å²) in [7, 11) is 0. The predicted molar refractivity (Wildman–Crippen MR) is 73.3 cm³/mol. The molecule has 1 aromatic carbocycles. The summed E-state index contributed by atoms with van der Waals surface area (Å²) in [4.78, 5) is 0. The van der Waals surface area contributed by atoms with Gasteiger partial charge in [0.05, 0.1) is 0 Å². The number of halogens is 1. The third-order valence-electron chi connectivity index (χ3n) is 2.96. The van der Waals surface area contributed by atoms with Gasteiger partial charge in [0.25, 0.3) is 0 Å². The van der Waals surface area contributed by atoms with Gasteiger partial charge in [-0.05, 0) is 42.0 Å². The fraction of sp³-hybridized carbons (Fsp3) is 0.500. The minimum Gasteiger partial charge on any atom is -0.381 e. The lowest BCUT2D eigenvalue weighted by Crippen LogP contribution is -2.36. The zero-order valence-electron chi connectivity index (χ0n) is 9.16. The Balaban J connectivity index is 2.00. The minimum absolute atomic E-state index is 0.369. The van der Waals surface area contributed by atoms with E-state index in [1.165, 1.54) is 17.9 Å². The smallest absolute Gasteiger partial charge is 0.0426 e. The van der Waals surface area contributed by atoms with Gasteiger partial charge in [-0.1, -0.05) is 17.7 Å². The van der Waals surface area contributed by atoms with Crippen LogP contribution in [-0.4, -0.2) is 24.1 Å². The van der Waals surface area contributed by atoms with Crippen LogP contribution in [-0.2, 0) is 0 Å². The molecule has 0 amide bonds. The maximum absolute atomic E-state index is 5.96. The van der Waals surface area contributed by atoms with E-state index in [9.17, 15) is 0 Å². The maximum Gasteiger partial charge on any atom is 0.0426 e. The largest absolute Gasteiger partial charge is 0.381 e. The Morgan fingerprint density at radius 3 is 3.06 bits per heavy atom. The zero-order valence-corrected chi connectivity index (χ0v) is 10.7. The van der Waals surface area contributed by atoms with E-state index in [0.29, 0.717) is 18.5 Å². The van der Waals surface area contributed by atoms with E-state index < -0.39 is 0 Å². The van der Waals surface area contributed by atoms with Gasteiger partial charge in [-0.25, -0.2) is 0 Å². The van der Waals surface area contributed by atoms with E-state index in [1.54, 1.807) is 0 Å². The molecule has 2 atom stereocenters. The van der Waals surface area contributed by atoms with Crippen LogP contribution in [0.4, 0.5) is 5.69 Å². The molecule has 0 bridgehead atoms. The second-order valence-corrected chi connectivity index (χ2v) is 5.71. The highest BCUT2D eigenvalue weighted by molar-refractivity contribution is 7.99. The molecule has 2 nitrogen and oxygen atoms in total. The molecule has 2 rings (SSSR count). The monoisotopic (exact) mass is 256 g/mol. The molecule has 16 heavy (non-hydrogen) atoms. The van der Waals surface area contributed by atoms with Gasteiger partial charge in [0.2, 0.25) is 0 Å². The van der Waals surface area contributed by atoms with Crippen molar-refractivity contribution in [3.05, 3.63) is 29.3 Å². The number of hydrogen-bond acceptors (Lipinski definition) is 3. The first-order chi connectivity index (χ1) is 7.79. The Bertz CT molecular complexity index is 340. The van der Waals surface area contributed by atoms with Crippen LogP contribution in [0.15, 0.2) is 24.3 Å². The molecule has 1 heterocycles. The fourth-order valence-corrected chi connectivity index (χ4v) is 3.56.